The maximum Gasteiger partial charge on any atom is 0.167 e. The van der Waals surface area contributed by atoms with Crippen molar-refractivity contribution >= 4 is 0 Å². The van der Waals surface area contributed by atoms with E-state index in [-0.39, 0.29) is 5.79 Å². The zero-order valence-electron chi connectivity index (χ0n) is 12.8. The number of piperidine rings is 1. The Balaban J connectivity index is 2.19. The Morgan fingerprint density at radius 3 is 2.28 bits per heavy atom. The molecule has 0 aromatic carbocycles. The molecule has 3 nitrogen and oxygen atoms in total. The van der Waals surface area contributed by atoms with Crippen LogP contribution in [0.3, 0.4) is 0 Å². The third-order valence-corrected chi connectivity index (χ3v) is 5.61. The van der Waals surface area contributed by atoms with E-state index in [2.05, 4.69) is 32.7 Å². The second kappa shape index (κ2) is 4.77. The molecule has 2 aliphatic rings. The Morgan fingerprint density at radius 2 is 1.72 bits per heavy atom. The molecule has 3 atom stereocenters. The molecule has 0 aromatic heterocycles. The molecule has 0 bridgehead atoms. The summed E-state index contributed by atoms with van der Waals surface area (Å²) in [4.78, 5) is 2.59. The average molecular weight is 255 g/mol. The highest BCUT2D eigenvalue weighted by Gasteiger charge is 2.50. The molecule has 18 heavy (non-hydrogen) atoms. The van der Waals surface area contributed by atoms with Crippen molar-refractivity contribution in [2.45, 2.75) is 63.8 Å². The topological polar surface area (TPSA) is 21.7 Å². The smallest absolute Gasteiger partial charge is 0.167 e. The van der Waals surface area contributed by atoms with Gasteiger partial charge in [-0.05, 0) is 45.6 Å². The monoisotopic (exact) mass is 255 g/mol. The van der Waals surface area contributed by atoms with Gasteiger partial charge in [0.2, 0.25) is 0 Å². The third-order valence-electron chi connectivity index (χ3n) is 5.61. The van der Waals surface area contributed by atoms with E-state index in [1.807, 2.05) is 0 Å². The predicted molar refractivity (Wildman–Crippen MR) is 73.5 cm³/mol. The second-order valence-electron chi connectivity index (χ2n) is 6.90. The quantitative estimate of drug-likeness (QED) is 0.708. The first-order valence-corrected chi connectivity index (χ1v) is 7.18. The standard InChI is InChI=1S/C15H29NO2/c1-11-9-14(2,3)16(4)13-7-8-15(17-5,18-6)10-12(11)13/h11-13H,7-10H2,1-6H3. The molecule has 1 saturated heterocycles. The summed E-state index contributed by atoms with van der Waals surface area (Å²) in [6.07, 6.45) is 4.48. The summed E-state index contributed by atoms with van der Waals surface area (Å²) in [6, 6.07) is 0.683. The number of methoxy groups -OCH3 is 2. The Hall–Kier alpha value is -0.120. The third kappa shape index (κ3) is 2.21. The first-order chi connectivity index (χ1) is 8.35. The van der Waals surface area contributed by atoms with Crippen LogP contribution in [0.15, 0.2) is 0 Å². The zero-order valence-corrected chi connectivity index (χ0v) is 12.8. The van der Waals surface area contributed by atoms with Crippen molar-refractivity contribution in [1.29, 1.82) is 0 Å². The lowest BCUT2D eigenvalue weighted by atomic mass is 9.66. The Morgan fingerprint density at radius 1 is 1.11 bits per heavy atom. The first-order valence-electron chi connectivity index (χ1n) is 7.18. The number of hydrogen-bond donors (Lipinski definition) is 0. The minimum absolute atomic E-state index is 0.320. The van der Waals surface area contributed by atoms with Crippen LogP contribution in [0.5, 0.6) is 0 Å². The minimum Gasteiger partial charge on any atom is -0.353 e. The summed E-state index contributed by atoms with van der Waals surface area (Å²) in [5.41, 5.74) is 0.320. The highest BCUT2D eigenvalue weighted by molar-refractivity contribution is 5.01. The summed E-state index contributed by atoms with van der Waals surface area (Å²) in [6.45, 7) is 7.14. The minimum atomic E-state index is -0.336. The van der Waals surface area contributed by atoms with Crippen LogP contribution in [0.1, 0.15) is 46.5 Å². The van der Waals surface area contributed by atoms with Crippen LogP contribution in [-0.2, 0) is 9.47 Å². The fourth-order valence-corrected chi connectivity index (χ4v) is 4.23. The van der Waals surface area contributed by atoms with Crippen LogP contribution in [0.2, 0.25) is 0 Å². The lowest BCUT2D eigenvalue weighted by Gasteiger charge is -2.57. The van der Waals surface area contributed by atoms with Crippen LogP contribution in [0, 0.1) is 11.8 Å². The van der Waals surface area contributed by atoms with Crippen LogP contribution in [0.4, 0.5) is 0 Å². The van der Waals surface area contributed by atoms with Crippen molar-refractivity contribution in [3.63, 3.8) is 0 Å². The van der Waals surface area contributed by atoms with Crippen molar-refractivity contribution in [3.05, 3.63) is 0 Å². The molecule has 1 heterocycles. The summed E-state index contributed by atoms with van der Waals surface area (Å²) in [7, 11) is 5.85. The van der Waals surface area contributed by atoms with E-state index in [9.17, 15) is 0 Å². The van der Waals surface area contributed by atoms with E-state index < -0.39 is 0 Å². The molecule has 1 aliphatic carbocycles. The molecular weight excluding hydrogens is 226 g/mol. The van der Waals surface area contributed by atoms with E-state index in [0.29, 0.717) is 17.5 Å². The number of nitrogens with zero attached hydrogens (tertiary/aromatic N) is 1. The van der Waals surface area contributed by atoms with E-state index in [0.717, 1.165) is 18.8 Å². The Labute approximate surface area is 112 Å². The Kier molecular flexibility index (Phi) is 3.79. The molecule has 2 rings (SSSR count). The van der Waals surface area contributed by atoms with Crippen molar-refractivity contribution in [2.24, 2.45) is 11.8 Å². The summed E-state index contributed by atoms with van der Waals surface area (Å²) >= 11 is 0. The zero-order chi connectivity index (χ0) is 13.6. The van der Waals surface area contributed by atoms with Gasteiger partial charge in [0, 0.05) is 38.6 Å². The average Bonchev–Trinajstić information content (AvgIpc) is 2.35. The van der Waals surface area contributed by atoms with Gasteiger partial charge >= 0.3 is 0 Å². The fraction of sp³-hybridized carbons (Fsp3) is 1.00. The molecule has 0 spiro atoms. The van der Waals surface area contributed by atoms with Gasteiger partial charge < -0.3 is 9.47 Å². The summed E-state index contributed by atoms with van der Waals surface area (Å²) < 4.78 is 11.3. The normalized spacial score (nSPS) is 39.3. The molecule has 1 aliphatic heterocycles. The summed E-state index contributed by atoms with van der Waals surface area (Å²) in [5, 5.41) is 0. The van der Waals surface area contributed by atoms with Gasteiger partial charge in [0.25, 0.3) is 0 Å². The van der Waals surface area contributed by atoms with Gasteiger partial charge in [-0.3, -0.25) is 4.90 Å². The highest BCUT2D eigenvalue weighted by atomic mass is 16.7. The number of likely N-dealkylation sites (tertiary alicyclic amines) is 1. The molecule has 106 valence electrons. The van der Waals surface area contributed by atoms with E-state index in [4.69, 9.17) is 9.47 Å². The SMILES string of the molecule is COC1(OC)CCC2C(C1)C(C)CC(C)(C)N2C. The van der Waals surface area contributed by atoms with Crippen LogP contribution in [-0.4, -0.2) is 43.5 Å². The van der Waals surface area contributed by atoms with Crippen molar-refractivity contribution in [1.82, 2.24) is 4.90 Å². The van der Waals surface area contributed by atoms with Crippen molar-refractivity contribution < 1.29 is 9.47 Å². The molecule has 1 saturated carbocycles. The maximum absolute atomic E-state index is 5.67. The first kappa shape index (κ1) is 14.3. The molecule has 0 amide bonds. The number of hydrogen-bond acceptors (Lipinski definition) is 3. The van der Waals surface area contributed by atoms with E-state index in [1.54, 1.807) is 14.2 Å². The van der Waals surface area contributed by atoms with E-state index >= 15 is 0 Å². The molecule has 2 fully saturated rings. The van der Waals surface area contributed by atoms with Gasteiger partial charge in [-0.25, -0.2) is 0 Å². The largest absolute Gasteiger partial charge is 0.353 e. The molecule has 0 radical (unpaired) electrons. The maximum atomic E-state index is 5.67. The molecule has 0 N–H and O–H groups in total. The van der Waals surface area contributed by atoms with Crippen LogP contribution in [0.25, 0.3) is 0 Å². The highest BCUT2D eigenvalue weighted by Crippen LogP contribution is 2.48. The molecule has 3 unspecified atom stereocenters. The number of fused-ring (bicyclic) bond motifs is 1. The van der Waals surface area contributed by atoms with Gasteiger partial charge in [-0.15, -0.1) is 0 Å². The van der Waals surface area contributed by atoms with Gasteiger partial charge in [0.1, 0.15) is 0 Å². The van der Waals surface area contributed by atoms with Gasteiger partial charge in [0.15, 0.2) is 5.79 Å². The van der Waals surface area contributed by atoms with Crippen molar-refractivity contribution in [3.8, 4) is 0 Å². The van der Waals surface area contributed by atoms with Crippen molar-refractivity contribution in [2.75, 3.05) is 21.3 Å². The second-order valence-corrected chi connectivity index (χ2v) is 6.90. The summed E-state index contributed by atoms with van der Waals surface area (Å²) in [5.74, 6) is 1.10. The number of ether oxygens (including phenoxy) is 2. The van der Waals surface area contributed by atoms with Crippen LogP contribution >= 0.6 is 0 Å². The lowest BCUT2D eigenvalue weighted by Crippen LogP contribution is -2.61. The van der Waals surface area contributed by atoms with Gasteiger partial charge in [0.05, 0.1) is 0 Å². The lowest BCUT2D eigenvalue weighted by molar-refractivity contribution is -0.249. The molecule has 3 heteroatoms. The number of rotatable bonds is 2. The predicted octanol–water partition coefficient (Wildman–Crippen LogP) is 2.89. The van der Waals surface area contributed by atoms with Crippen LogP contribution < -0.4 is 0 Å². The van der Waals surface area contributed by atoms with E-state index in [1.165, 1.54) is 12.8 Å². The van der Waals surface area contributed by atoms with Gasteiger partial charge in [-0.2, -0.15) is 0 Å². The molecule has 0 aromatic rings. The fourth-order valence-electron chi connectivity index (χ4n) is 4.23. The Bertz CT molecular complexity index is 299. The molecular formula is C15H29NO2. The van der Waals surface area contributed by atoms with Gasteiger partial charge in [-0.1, -0.05) is 6.92 Å².